The summed E-state index contributed by atoms with van der Waals surface area (Å²) in [5.74, 6) is 0.122. The van der Waals surface area contributed by atoms with Crippen molar-refractivity contribution >= 4 is 17.6 Å². The number of methoxy groups -OCH3 is 1. The molecule has 2 rings (SSSR count). The lowest BCUT2D eigenvalue weighted by molar-refractivity contribution is -0.385. The van der Waals surface area contributed by atoms with Crippen molar-refractivity contribution in [2.45, 2.75) is 6.61 Å². The first-order valence-electron chi connectivity index (χ1n) is 6.26. The van der Waals surface area contributed by atoms with Crippen molar-refractivity contribution in [1.29, 1.82) is 0 Å². The first-order chi connectivity index (χ1) is 10.6. The molecule has 1 N–H and O–H groups in total. The standard InChI is InChI=1S/C14H13N3O5/c1-21-12-7-11(17(19)20)8-15-13(12)16-14(18)22-9-10-5-3-2-4-6-10/h2-8H,9H2,1H3,(H,15,16,18). The van der Waals surface area contributed by atoms with Gasteiger partial charge in [-0.05, 0) is 5.56 Å². The number of benzene rings is 1. The summed E-state index contributed by atoms with van der Waals surface area (Å²) in [5.41, 5.74) is 0.598. The van der Waals surface area contributed by atoms with Gasteiger partial charge in [-0.1, -0.05) is 30.3 Å². The van der Waals surface area contributed by atoms with Gasteiger partial charge in [0.05, 0.1) is 18.1 Å². The van der Waals surface area contributed by atoms with E-state index in [2.05, 4.69) is 10.3 Å². The topological polar surface area (TPSA) is 104 Å². The van der Waals surface area contributed by atoms with E-state index in [9.17, 15) is 14.9 Å². The highest BCUT2D eigenvalue weighted by Gasteiger charge is 2.15. The number of hydrogen-bond acceptors (Lipinski definition) is 6. The Kier molecular flexibility index (Phi) is 4.86. The van der Waals surface area contributed by atoms with Gasteiger partial charge in [0.2, 0.25) is 0 Å². The van der Waals surface area contributed by atoms with Gasteiger partial charge >= 0.3 is 6.09 Å². The number of amides is 1. The number of pyridine rings is 1. The molecule has 22 heavy (non-hydrogen) atoms. The lowest BCUT2D eigenvalue weighted by Gasteiger charge is -2.09. The smallest absolute Gasteiger partial charge is 0.413 e. The Bertz CT molecular complexity index is 675. The van der Waals surface area contributed by atoms with Gasteiger partial charge in [-0.15, -0.1) is 0 Å². The quantitative estimate of drug-likeness (QED) is 0.672. The average molecular weight is 303 g/mol. The number of nitrogens with one attached hydrogen (secondary N) is 1. The molecule has 0 aliphatic heterocycles. The van der Waals surface area contributed by atoms with Crippen LogP contribution in [0.4, 0.5) is 16.3 Å². The Morgan fingerprint density at radius 3 is 2.73 bits per heavy atom. The SMILES string of the molecule is COc1cc([N+](=O)[O-])cnc1NC(=O)OCc1ccccc1. The predicted molar refractivity (Wildman–Crippen MR) is 77.7 cm³/mol. The van der Waals surface area contributed by atoms with Crippen LogP contribution >= 0.6 is 0 Å². The van der Waals surface area contributed by atoms with Crippen LogP contribution in [0, 0.1) is 10.1 Å². The van der Waals surface area contributed by atoms with Gasteiger partial charge in [-0.25, -0.2) is 9.78 Å². The third-order valence-corrected chi connectivity index (χ3v) is 2.70. The third-order valence-electron chi connectivity index (χ3n) is 2.70. The van der Waals surface area contributed by atoms with E-state index in [0.29, 0.717) is 0 Å². The average Bonchev–Trinajstić information content (AvgIpc) is 2.54. The largest absolute Gasteiger partial charge is 0.493 e. The van der Waals surface area contributed by atoms with Crippen LogP contribution in [-0.2, 0) is 11.3 Å². The number of nitro groups is 1. The summed E-state index contributed by atoms with van der Waals surface area (Å²) in [5, 5.41) is 13.0. The van der Waals surface area contributed by atoms with Crippen LogP contribution in [0.25, 0.3) is 0 Å². The fourth-order valence-electron chi connectivity index (χ4n) is 1.64. The lowest BCUT2D eigenvalue weighted by Crippen LogP contribution is -2.15. The summed E-state index contributed by atoms with van der Waals surface area (Å²) in [4.78, 5) is 25.6. The molecule has 0 bridgehead atoms. The van der Waals surface area contributed by atoms with E-state index in [1.165, 1.54) is 13.2 Å². The molecule has 1 aromatic heterocycles. The first kappa shape index (κ1) is 15.2. The van der Waals surface area contributed by atoms with Gasteiger partial charge in [-0.3, -0.25) is 15.4 Å². The van der Waals surface area contributed by atoms with E-state index >= 15 is 0 Å². The van der Waals surface area contributed by atoms with Crippen molar-refractivity contribution in [2.24, 2.45) is 0 Å². The molecule has 8 nitrogen and oxygen atoms in total. The Labute approximate surface area is 125 Å². The zero-order valence-corrected chi connectivity index (χ0v) is 11.7. The summed E-state index contributed by atoms with van der Waals surface area (Å²) >= 11 is 0. The summed E-state index contributed by atoms with van der Waals surface area (Å²) < 4.78 is 9.99. The lowest BCUT2D eigenvalue weighted by atomic mass is 10.2. The normalized spacial score (nSPS) is 9.86. The number of ether oxygens (including phenoxy) is 2. The second-order valence-electron chi connectivity index (χ2n) is 4.19. The Hall–Kier alpha value is -3.16. The zero-order valence-electron chi connectivity index (χ0n) is 11.7. The number of carbonyl (C=O) groups is 1. The molecule has 1 aromatic carbocycles. The minimum absolute atomic E-state index is 0.0474. The summed E-state index contributed by atoms with van der Waals surface area (Å²) in [7, 11) is 1.32. The fraction of sp³-hybridized carbons (Fsp3) is 0.143. The molecule has 0 atom stereocenters. The summed E-state index contributed by atoms with van der Waals surface area (Å²) in [6, 6.07) is 10.3. The number of carbonyl (C=O) groups excluding carboxylic acids is 1. The first-order valence-corrected chi connectivity index (χ1v) is 6.26. The number of aromatic nitrogens is 1. The highest BCUT2D eigenvalue weighted by molar-refractivity contribution is 5.85. The number of anilines is 1. The van der Waals surface area contributed by atoms with Crippen LogP contribution in [0.3, 0.4) is 0 Å². The van der Waals surface area contributed by atoms with Crippen LogP contribution in [0.1, 0.15) is 5.56 Å². The second-order valence-corrected chi connectivity index (χ2v) is 4.19. The maximum absolute atomic E-state index is 11.7. The van der Waals surface area contributed by atoms with E-state index in [-0.39, 0.29) is 23.9 Å². The highest BCUT2D eigenvalue weighted by atomic mass is 16.6. The number of hydrogen-bond donors (Lipinski definition) is 1. The Morgan fingerprint density at radius 1 is 1.36 bits per heavy atom. The van der Waals surface area contributed by atoms with Crippen LogP contribution < -0.4 is 10.1 Å². The van der Waals surface area contributed by atoms with Crippen molar-refractivity contribution in [2.75, 3.05) is 12.4 Å². The molecule has 2 aromatic rings. The van der Waals surface area contributed by atoms with Gasteiger partial charge in [0.15, 0.2) is 11.6 Å². The van der Waals surface area contributed by atoms with Gasteiger partial charge < -0.3 is 9.47 Å². The molecule has 0 aliphatic carbocycles. The van der Waals surface area contributed by atoms with Crippen molar-refractivity contribution < 1.29 is 19.2 Å². The predicted octanol–water partition coefficient (Wildman–Crippen LogP) is 2.75. The second kappa shape index (κ2) is 7.02. The molecule has 0 spiro atoms. The fourth-order valence-corrected chi connectivity index (χ4v) is 1.64. The number of nitrogens with zero attached hydrogens (tertiary/aromatic N) is 2. The maximum atomic E-state index is 11.7. The van der Waals surface area contributed by atoms with Crippen molar-refractivity contribution in [3.8, 4) is 5.75 Å². The molecular weight excluding hydrogens is 290 g/mol. The minimum Gasteiger partial charge on any atom is -0.493 e. The molecule has 0 radical (unpaired) electrons. The van der Waals surface area contributed by atoms with Crippen molar-refractivity contribution in [1.82, 2.24) is 4.98 Å². The molecule has 1 heterocycles. The molecule has 0 saturated heterocycles. The molecule has 114 valence electrons. The van der Waals surface area contributed by atoms with E-state index in [1.807, 2.05) is 30.3 Å². The molecule has 0 fully saturated rings. The monoisotopic (exact) mass is 303 g/mol. The van der Waals surface area contributed by atoms with E-state index in [0.717, 1.165) is 11.8 Å². The minimum atomic E-state index is -0.733. The van der Waals surface area contributed by atoms with Gasteiger partial charge in [0.1, 0.15) is 12.8 Å². The number of rotatable bonds is 5. The molecule has 8 heteroatoms. The Balaban J connectivity index is 2.00. The van der Waals surface area contributed by atoms with Crippen molar-refractivity contribution in [3.05, 3.63) is 58.3 Å². The zero-order chi connectivity index (χ0) is 15.9. The third kappa shape index (κ3) is 3.92. The van der Waals surface area contributed by atoms with E-state index < -0.39 is 11.0 Å². The van der Waals surface area contributed by atoms with E-state index in [4.69, 9.17) is 9.47 Å². The van der Waals surface area contributed by atoms with Crippen molar-refractivity contribution in [3.63, 3.8) is 0 Å². The van der Waals surface area contributed by atoms with E-state index in [1.54, 1.807) is 0 Å². The van der Waals surface area contributed by atoms with Crippen LogP contribution in [-0.4, -0.2) is 23.1 Å². The highest BCUT2D eigenvalue weighted by Crippen LogP contribution is 2.26. The van der Waals surface area contributed by atoms with Gasteiger partial charge in [0.25, 0.3) is 5.69 Å². The molecule has 0 unspecified atom stereocenters. The molecular formula is C14H13N3O5. The van der Waals surface area contributed by atoms with Gasteiger partial charge in [0, 0.05) is 0 Å². The molecule has 0 saturated carbocycles. The van der Waals surface area contributed by atoms with Crippen LogP contribution in [0.2, 0.25) is 0 Å². The maximum Gasteiger partial charge on any atom is 0.413 e. The summed E-state index contributed by atoms with van der Waals surface area (Å²) in [6.07, 6.45) is 0.290. The van der Waals surface area contributed by atoms with Crippen LogP contribution in [0.5, 0.6) is 5.75 Å². The Morgan fingerprint density at radius 2 is 2.09 bits per heavy atom. The van der Waals surface area contributed by atoms with Crippen LogP contribution in [0.15, 0.2) is 42.6 Å². The molecule has 0 aliphatic rings. The summed E-state index contributed by atoms with van der Waals surface area (Å²) in [6.45, 7) is 0.0992. The molecule has 1 amide bonds. The van der Waals surface area contributed by atoms with Gasteiger partial charge in [-0.2, -0.15) is 0 Å².